The van der Waals surface area contributed by atoms with E-state index in [2.05, 4.69) is 11.8 Å². The van der Waals surface area contributed by atoms with Crippen LogP contribution in [0, 0.1) is 0 Å². The molecule has 0 aliphatic carbocycles. The number of hydrogen-bond acceptors (Lipinski definition) is 2. The van der Waals surface area contributed by atoms with Crippen LogP contribution in [0.1, 0.15) is 45.4 Å². The number of fused-ring (bicyclic) bond motifs is 1. The predicted octanol–water partition coefficient (Wildman–Crippen LogP) is 1.78. The Hall–Kier alpha value is -0.0800. The molecule has 76 valence electrons. The summed E-state index contributed by atoms with van der Waals surface area (Å²) in [4.78, 5) is 2.57. The molecule has 0 aromatic carbocycles. The number of rotatable bonds is 1. The zero-order chi connectivity index (χ0) is 9.31. The van der Waals surface area contributed by atoms with Gasteiger partial charge in [-0.15, -0.1) is 0 Å². The number of aliphatic hydroxyl groups excluding tert-OH is 1. The Kier molecular flexibility index (Phi) is 2.61. The molecule has 0 aromatic rings. The molecule has 13 heavy (non-hydrogen) atoms. The molecule has 2 unspecified atom stereocenters. The van der Waals surface area contributed by atoms with E-state index in [-0.39, 0.29) is 5.54 Å². The van der Waals surface area contributed by atoms with Gasteiger partial charge in [-0.25, -0.2) is 0 Å². The summed E-state index contributed by atoms with van der Waals surface area (Å²) >= 11 is 0. The van der Waals surface area contributed by atoms with Crippen LogP contribution in [0.5, 0.6) is 0 Å². The maximum absolute atomic E-state index is 9.45. The third-order valence-corrected chi connectivity index (χ3v) is 3.91. The second-order valence-corrected chi connectivity index (χ2v) is 4.89. The van der Waals surface area contributed by atoms with Gasteiger partial charge in [-0.2, -0.15) is 0 Å². The van der Waals surface area contributed by atoms with E-state index in [4.69, 9.17) is 0 Å². The Morgan fingerprint density at radius 2 is 2.08 bits per heavy atom. The molecule has 2 nitrogen and oxygen atoms in total. The van der Waals surface area contributed by atoms with Crippen LogP contribution in [0.25, 0.3) is 0 Å². The molecule has 2 heteroatoms. The summed E-state index contributed by atoms with van der Waals surface area (Å²) in [6.07, 6.45) is 7.91. The standard InChI is InChI=1S/C11H21NO/c1-11(9-13)7-4-6-10-5-2-3-8-12(10)11/h10,13H,2-9H2,1H3. The van der Waals surface area contributed by atoms with E-state index in [1.54, 1.807) is 0 Å². The molecule has 2 heterocycles. The van der Waals surface area contributed by atoms with Crippen molar-refractivity contribution in [3.8, 4) is 0 Å². The van der Waals surface area contributed by atoms with Gasteiger partial charge in [0.05, 0.1) is 6.61 Å². The van der Waals surface area contributed by atoms with Crippen LogP contribution in [-0.4, -0.2) is 34.7 Å². The highest BCUT2D eigenvalue weighted by molar-refractivity contribution is 4.95. The van der Waals surface area contributed by atoms with Gasteiger partial charge in [0, 0.05) is 11.6 Å². The number of piperidine rings is 2. The van der Waals surface area contributed by atoms with Gasteiger partial charge in [-0.3, -0.25) is 4.90 Å². The van der Waals surface area contributed by atoms with Crippen molar-refractivity contribution in [2.24, 2.45) is 0 Å². The van der Waals surface area contributed by atoms with Gasteiger partial charge in [0.2, 0.25) is 0 Å². The fourth-order valence-corrected chi connectivity index (χ4v) is 3.04. The minimum absolute atomic E-state index is 0.101. The van der Waals surface area contributed by atoms with Crippen LogP contribution < -0.4 is 0 Å². The molecule has 0 radical (unpaired) electrons. The van der Waals surface area contributed by atoms with Crippen molar-refractivity contribution in [1.82, 2.24) is 4.90 Å². The minimum atomic E-state index is 0.101. The quantitative estimate of drug-likeness (QED) is 0.670. The zero-order valence-electron chi connectivity index (χ0n) is 8.63. The predicted molar refractivity (Wildman–Crippen MR) is 53.7 cm³/mol. The molecule has 0 aromatic heterocycles. The Morgan fingerprint density at radius 3 is 2.85 bits per heavy atom. The first-order valence-corrected chi connectivity index (χ1v) is 5.64. The molecule has 2 fully saturated rings. The zero-order valence-corrected chi connectivity index (χ0v) is 8.63. The van der Waals surface area contributed by atoms with E-state index >= 15 is 0 Å². The number of aliphatic hydroxyl groups is 1. The van der Waals surface area contributed by atoms with Gasteiger partial charge >= 0.3 is 0 Å². The fourth-order valence-electron chi connectivity index (χ4n) is 3.04. The van der Waals surface area contributed by atoms with E-state index in [1.165, 1.54) is 45.1 Å². The Labute approximate surface area is 80.9 Å². The molecule has 2 saturated heterocycles. The third-order valence-electron chi connectivity index (χ3n) is 3.91. The van der Waals surface area contributed by atoms with E-state index < -0.39 is 0 Å². The first-order chi connectivity index (χ1) is 6.26. The SMILES string of the molecule is CC1(CO)CCCC2CCCCN21. The summed E-state index contributed by atoms with van der Waals surface area (Å²) in [5.41, 5.74) is 0.101. The molecular weight excluding hydrogens is 162 g/mol. The van der Waals surface area contributed by atoms with Crippen molar-refractivity contribution in [2.75, 3.05) is 13.2 Å². The van der Waals surface area contributed by atoms with Gasteiger partial charge in [0.1, 0.15) is 0 Å². The van der Waals surface area contributed by atoms with Crippen molar-refractivity contribution in [2.45, 2.75) is 57.0 Å². The van der Waals surface area contributed by atoms with Crippen LogP contribution in [0.4, 0.5) is 0 Å². The molecule has 2 aliphatic heterocycles. The van der Waals surface area contributed by atoms with E-state index in [1.807, 2.05) is 0 Å². The van der Waals surface area contributed by atoms with Crippen LogP contribution in [0.3, 0.4) is 0 Å². The molecular formula is C11H21NO. The molecule has 2 atom stereocenters. The fraction of sp³-hybridized carbons (Fsp3) is 1.00. The van der Waals surface area contributed by atoms with Gasteiger partial charge in [0.25, 0.3) is 0 Å². The third kappa shape index (κ3) is 1.62. The maximum atomic E-state index is 9.45. The highest BCUT2D eigenvalue weighted by Gasteiger charge is 2.39. The monoisotopic (exact) mass is 183 g/mol. The Morgan fingerprint density at radius 1 is 1.31 bits per heavy atom. The highest BCUT2D eigenvalue weighted by Crippen LogP contribution is 2.36. The van der Waals surface area contributed by atoms with E-state index in [9.17, 15) is 5.11 Å². The van der Waals surface area contributed by atoms with Crippen LogP contribution in [0.15, 0.2) is 0 Å². The number of hydrogen-bond donors (Lipinski definition) is 1. The average Bonchev–Trinajstić information content (AvgIpc) is 2.19. The largest absolute Gasteiger partial charge is 0.394 e. The summed E-state index contributed by atoms with van der Waals surface area (Å²) in [6.45, 7) is 3.77. The second-order valence-electron chi connectivity index (χ2n) is 4.89. The maximum Gasteiger partial charge on any atom is 0.0612 e. The minimum Gasteiger partial charge on any atom is -0.394 e. The summed E-state index contributed by atoms with van der Waals surface area (Å²) in [5, 5.41) is 9.45. The molecule has 0 saturated carbocycles. The summed E-state index contributed by atoms with van der Waals surface area (Å²) in [6, 6.07) is 0.777. The molecule has 0 amide bonds. The highest BCUT2D eigenvalue weighted by atomic mass is 16.3. The van der Waals surface area contributed by atoms with Crippen LogP contribution in [0.2, 0.25) is 0 Å². The Balaban J connectivity index is 2.11. The van der Waals surface area contributed by atoms with E-state index in [0.717, 1.165) is 6.04 Å². The lowest BCUT2D eigenvalue weighted by molar-refractivity contribution is -0.0421. The van der Waals surface area contributed by atoms with Crippen molar-refractivity contribution in [3.05, 3.63) is 0 Å². The summed E-state index contributed by atoms with van der Waals surface area (Å²) in [7, 11) is 0. The summed E-state index contributed by atoms with van der Waals surface area (Å²) < 4.78 is 0. The van der Waals surface area contributed by atoms with Crippen molar-refractivity contribution < 1.29 is 5.11 Å². The molecule has 2 aliphatic rings. The smallest absolute Gasteiger partial charge is 0.0612 e. The first kappa shape index (κ1) is 9.47. The Bertz CT molecular complexity index is 181. The van der Waals surface area contributed by atoms with Crippen LogP contribution in [-0.2, 0) is 0 Å². The molecule has 2 rings (SSSR count). The normalized spacial score (nSPS) is 41.5. The second kappa shape index (κ2) is 3.58. The lowest BCUT2D eigenvalue weighted by atomic mass is 9.81. The topological polar surface area (TPSA) is 23.5 Å². The van der Waals surface area contributed by atoms with Crippen molar-refractivity contribution >= 4 is 0 Å². The number of nitrogens with zero attached hydrogens (tertiary/aromatic N) is 1. The van der Waals surface area contributed by atoms with Gasteiger partial charge in [0.15, 0.2) is 0 Å². The van der Waals surface area contributed by atoms with Gasteiger partial charge in [-0.1, -0.05) is 6.42 Å². The van der Waals surface area contributed by atoms with Crippen molar-refractivity contribution in [3.63, 3.8) is 0 Å². The molecule has 1 N–H and O–H groups in total. The summed E-state index contributed by atoms with van der Waals surface area (Å²) in [5.74, 6) is 0. The average molecular weight is 183 g/mol. The van der Waals surface area contributed by atoms with Crippen molar-refractivity contribution in [1.29, 1.82) is 0 Å². The molecule has 0 spiro atoms. The van der Waals surface area contributed by atoms with Gasteiger partial charge < -0.3 is 5.11 Å². The molecule has 0 bridgehead atoms. The van der Waals surface area contributed by atoms with Crippen LogP contribution >= 0.6 is 0 Å². The lowest BCUT2D eigenvalue weighted by Gasteiger charge is -2.51. The van der Waals surface area contributed by atoms with Gasteiger partial charge in [-0.05, 0) is 45.6 Å². The van der Waals surface area contributed by atoms with E-state index in [0.29, 0.717) is 6.61 Å². The lowest BCUT2D eigenvalue weighted by Crippen LogP contribution is -2.58. The first-order valence-electron chi connectivity index (χ1n) is 5.64.